The Labute approximate surface area is 171 Å². The van der Waals surface area contributed by atoms with E-state index in [9.17, 15) is 9.18 Å². The van der Waals surface area contributed by atoms with E-state index in [0.717, 1.165) is 12.1 Å². The molecule has 2 aromatic rings. The number of halogens is 1. The molecule has 0 saturated carbocycles. The van der Waals surface area contributed by atoms with E-state index in [0.29, 0.717) is 43.3 Å². The van der Waals surface area contributed by atoms with Crippen LogP contribution < -0.4 is 20.7 Å². The minimum Gasteiger partial charge on any atom is -0.484 e. The summed E-state index contributed by atoms with van der Waals surface area (Å²) in [6.07, 6.45) is 0.570. The first-order chi connectivity index (χ1) is 14.1. The van der Waals surface area contributed by atoms with Crippen LogP contribution in [0.2, 0.25) is 0 Å². The molecule has 6 nitrogen and oxygen atoms in total. The van der Waals surface area contributed by atoms with Crippen molar-refractivity contribution in [2.24, 2.45) is 4.99 Å². The summed E-state index contributed by atoms with van der Waals surface area (Å²) in [7, 11) is 0. The largest absolute Gasteiger partial charge is 0.484 e. The average molecular weight is 400 g/mol. The lowest BCUT2D eigenvalue weighted by Gasteiger charge is -2.12. The summed E-state index contributed by atoms with van der Waals surface area (Å²) in [4.78, 5) is 16.1. The second-order valence-corrected chi connectivity index (χ2v) is 6.35. The van der Waals surface area contributed by atoms with Crippen LogP contribution in [0.15, 0.2) is 53.5 Å². The van der Waals surface area contributed by atoms with E-state index in [2.05, 4.69) is 20.9 Å². The normalized spacial score (nSPS) is 11.1. The summed E-state index contributed by atoms with van der Waals surface area (Å²) in [6, 6.07) is 14.3. The summed E-state index contributed by atoms with van der Waals surface area (Å²) in [6.45, 7) is 6.17. The van der Waals surface area contributed by atoms with Gasteiger partial charge >= 0.3 is 0 Å². The van der Waals surface area contributed by atoms with Crippen molar-refractivity contribution in [3.8, 4) is 5.75 Å². The van der Waals surface area contributed by atoms with Crippen molar-refractivity contribution in [3.63, 3.8) is 0 Å². The predicted molar refractivity (Wildman–Crippen MR) is 114 cm³/mol. The molecule has 0 fully saturated rings. The number of benzene rings is 2. The van der Waals surface area contributed by atoms with Gasteiger partial charge in [0.1, 0.15) is 11.6 Å². The van der Waals surface area contributed by atoms with Crippen molar-refractivity contribution in [3.05, 3.63) is 65.5 Å². The first kappa shape index (κ1) is 22.2. The third-order valence-electron chi connectivity index (χ3n) is 4.05. The van der Waals surface area contributed by atoms with Gasteiger partial charge in [0.2, 0.25) is 0 Å². The highest BCUT2D eigenvalue weighted by atomic mass is 19.1. The molecule has 0 unspecified atom stereocenters. The second kappa shape index (κ2) is 12.4. The number of rotatable bonds is 10. The molecule has 156 valence electrons. The molecule has 0 aliphatic heterocycles. The number of likely N-dealkylation sites (N-methyl/N-ethyl adjacent to an activating group) is 1. The lowest BCUT2D eigenvalue weighted by molar-refractivity contribution is -0.122. The summed E-state index contributed by atoms with van der Waals surface area (Å²) in [5, 5.41) is 9.10. The third-order valence-corrected chi connectivity index (χ3v) is 4.05. The highest BCUT2D eigenvalue weighted by Gasteiger charge is 2.04. The smallest absolute Gasteiger partial charge is 0.257 e. The lowest BCUT2D eigenvalue weighted by Crippen LogP contribution is -2.38. The molecule has 0 bridgehead atoms. The van der Waals surface area contributed by atoms with Gasteiger partial charge < -0.3 is 20.7 Å². The minimum atomic E-state index is -0.194. The number of ether oxygens (including phenoxy) is 1. The molecule has 0 aliphatic carbocycles. The van der Waals surface area contributed by atoms with Gasteiger partial charge in [-0.25, -0.2) is 9.38 Å². The van der Waals surface area contributed by atoms with Gasteiger partial charge in [0, 0.05) is 19.6 Å². The van der Waals surface area contributed by atoms with Crippen LogP contribution in [-0.2, 0) is 17.8 Å². The Bertz CT molecular complexity index is 811. The lowest BCUT2D eigenvalue weighted by atomic mass is 10.1. The molecule has 29 heavy (non-hydrogen) atoms. The molecule has 0 saturated heterocycles. The molecular formula is C22H29FN4O2. The number of aliphatic imine (C=N–C) groups is 1. The van der Waals surface area contributed by atoms with Gasteiger partial charge in [0.25, 0.3) is 5.91 Å². The number of nitrogens with zero attached hydrogens (tertiary/aromatic N) is 1. The Kier molecular flexibility index (Phi) is 9.48. The van der Waals surface area contributed by atoms with Gasteiger partial charge in [-0.3, -0.25) is 4.79 Å². The number of nitrogens with one attached hydrogen (secondary N) is 3. The SMILES string of the molecule is CCNC(=O)COc1cccc(CN=C(NCC)NCCc2ccccc2F)c1. The van der Waals surface area contributed by atoms with Crippen LogP contribution in [-0.4, -0.2) is 38.1 Å². The molecule has 0 heterocycles. The Morgan fingerprint density at radius 2 is 1.83 bits per heavy atom. The van der Waals surface area contributed by atoms with E-state index in [1.54, 1.807) is 12.1 Å². The van der Waals surface area contributed by atoms with Gasteiger partial charge in [0.15, 0.2) is 12.6 Å². The molecular weight excluding hydrogens is 371 g/mol. The molecule has 1 amide bonds. The Morgan fingerprint density at radius 3 is 2.59 bits per heavy atom. The first-order valence-electron chi connectivity index (χ1n) is 9.86. The van der Waals surface area contributed by atoms with Crippen molar-refractivity contribution >= 4 is 11.9 Å². The fourth-order valence-electron chi connectivity index (χ4n) is 2.66. The van der Waals surface area contributed by atoms with Crippen molar-refractivity contribution in [1.82, 2.24) is 16.0 Å². The molecule has 7 heteroatoms. The fourth-order valence-corrected chi connectivity index (χ4v) is 2.66. The van der Waals surface area contributed by atoms with Gasteiger partial charge in [-0.1, -0.05) is 30.3 Å². The van der Waals surface area contributed by atoms with Gasteiger partial charge in [-0.05, 0) is 49.6 Å². The number of guanidine groups is 1. The van der Waals surface area contributed by atoms with E-state index in [4.69, 9.17) is 4.74 Å². The first-order valence-corrected chi connectivity index (χ1v) is 9.86. The molecule has 0 radical (unpaired) electrons. The summed E-state index contributed by atoms with van der Waals surface area (Å²) >= 11 is 0. The van der Waals surface area contributed by atoms with Crippen LogP contribution >= 0.6 is 0 Å². The maximum atomic E-state index is 13.7. The highest BCUT2D eigenvalue weighted by Crippen LogP contribution is 2.14. The van der Waals surface area contributed by atoms with Crippen molar-refractivity contribution < 1.29 is 13.9 Å². The average Bonchev–Trinajstić information content (AvgIpc) is 2.72. The van der Waals surface area contributed by atoms with E-state index >= 15 is 0 Å². The summed E-state index contributed by atoms with van der Waals surface area (Å²) in [5.41, 5.74) is 1.64. The van der Waals surface area contributed by atoms with E-state index < -0.39 is 0 Å². The molecule has 0 atom stereocenters. The number of hydrogen-bond donors (Lipinski definition) is 3. The zero-order valence-corrected chi connectivity index (χ0v) is 17.0. The van der Waals surface area contributed by atoms with Crippen LogP contribution in [0.4, 0.5) is 4.39 Å². The Balaban J connectivity index is 1.89. The zero-order valence-electron chi connectivity index (χ0n) is 17.0. The van der Waals surface area contributed by atoms with E-state index in [1.807, 2.05) is 44.2 Å². The number of carbonyl (C=O) groups excluding carboxylic acids is 1. The van der Waals surface area contributed by atoms with Gasteiger partial charge in [-0.15, -0.1) is 0 Å². The van der Waals surface area contributed by atoms with Gasteiger partial charge in [-0.2, -0.15) is 0 Å². The van der Waals surface area contributed by atoms with Crippen LogP contribution in [0.25, 0.3) is 0 Å². The number of hydrogen-bond acceptors (Lipinski definition) is 3. The Morgan fingerprint density at radius 1 is 1.03 bits per heavy atom. The second-order valence-electron chi connectivity index (χ2n) is 6.35. The fraction of sp³-hybridized carbons (Fsp3) is 0.364. The minimum absolute atomic E-state index is 0.0131. The molecule has 0 aliphatic rings. The maximum absolute atomic E-state index is 13.7. The monoisotopic (exact) mass is 400 g/mol. The number of carbonyl (C=O) groups is 1. The molecule has 2 rings (SSSR count). The summed E-state index contributed by atoms with van der Waals surface area (Å²) in [5.74, 6) is 0.948. The van der Waals surface area contributed by atoms with Crippen molar-refractivity contribution in [2.45, 2.75) is 26.8 Å². The van der Waals surface area contributed by atoms with Crippen molar-refractivity contribution in [1.29, 1.82) is 0 Å². The van der Waals surface area contributed by atoms with Gasteiger partial charge in [0.05, 0.1) is 6.54 Å². The quantitative estimate of drug-likeness (QED) is 0.423. The maximum Gasteiger partial charge on any atom is 0.257 e. The van der Waals surface area contributed by atoms with Crippen LogP contribution in [0.1, 0.15) is 25.0 Å². The summed E-state index contributed by atoms with van der Waals surface area (Å²) < 4.78 is 19.2. The highest BCUT2D eigenvalue weighted by molar-refractivity contribution is 5.79. The Hall–Kier alpha value is -3.09. The zero-order chi connectivity index (χ0) is 20.9. The van der Waals surface area contributed by atoms with Crippen molar-refractivity contribution in [2.75, 3.05) is 26.2 Å². The third kappa shape index (κ3) is 8.21. The van der Waals surface area contributed by atoms with E-state index in [1.165, 1.54) is 6.07 Å². The topological polar surface area (TPSA) is 74.8 Å². The van der Waals surface area contributed by atoms with E-state index in [-0.39, 0.29) is 18.3 Å². The molecule has 2 aromatic carbocycles. The van der Waals surface area contributed by atoms with Crippen LogP contribution in [0.3, 0.4) is 0 Å². The predicted octanol–water partition coefficient (Wildman–Crippen LogP) is 2.64. The molecule has 3 N–H and O–H groups in total. The molecule has 0 spiro atoms. The standard InChI is InChI=1S/C22H29FN4O2/c1-3-24-21(28)16-29-19-10-7-8-17(14-19)15-27-22(25-4-2)26-13-12-18-9-5-6-11-20(18)23/h5-11,14H,3-4,12-13,15-16H2,1-2H3,(H,24,28)(H2,25,26,27). The van der Waals surface area contributed by atoms with Crippen LogP contribution in [0, 0.1) is 5.82 Å². The van der Waals surface area contributed by atoms with Crippen LogP contribution in [0.5, 0.6) is 5.75 Å². The number of amides is 1. The molecule has 0 aromatic heterocycles.